The zero-order chi connectivity index (χ0) is 12.6. The molecule has 0 atom stereocenters. The summed E-state index contributed by atoms with van der Waals surface area (Å²) in [5.41, 5.74) is 6.83. The van der Waals surface area contributed by atoms with Gasteiger partial charge in [0.25, 0.3) is 0 Å². The van der Waals surface area contributed by atoms with Gasteiger partial charge in [0, 0.05) is 5.56 Å². The highest BCUT2D eigenvalue weighted by atomic mass is 127. The van der Waals surface area contributed by atoms with Gasteiger partial charge in [0.1, 0.15) is 17.5 Å². The normalized spacial score (nSPS) is 10.8. The number of aryl methyl sites for hydroxylation is 1. The molecule has 90 valence electrons. The Morgan fingerprint density at radius 2 is 2.12 bits per heavy atom. The van der Waals surface area contributed by atoms with Crippen LogP contribution in [0, 0.1) is 22.1 Å². The lowest BCUT2D eigenvalue weighted by atomic mass is 10.2. The number of nitrogens with zero attached hydrogens (tertiary/aromatic N) is 2. The maximum absolute atomic E-state index is 13.4. The quantitative estimate of drug-likeness (QED) is 0.848. The second-order valence-corrected chi connectivity index (χ2v) is 4.76. The molecule has 0 bridgehead atoms. The summed E-state index contributed by atoms with van der Waals surface area (Å²) in [5.74, 6) is -0.473. The molecule has 0 aliphatic heterocycles. The molecule has 1 aromatic heterocycles. The number of aromatic nitrogens is 2. The topological polar surface area (TPSA) is 43.8 Å². The minimum absolute atomic E-state index is 0.124. The number of hydrogen-bond acceptors (Lipinski definition) is 2. The molecule has 17 heavy (non-hydrogen) atoms. The van der Waals surface area contributed by atoms with Crippen molar-refractivity contribution in [2.45, 2.75) is 13.5 Å². The molecule has 2 aromatic rings. The van der Waals surface area contributed by atoms with Gasteiger partial charge in [-0.25, -0.2) is 13.5 Å². The highest BCUT2D eigenvalue weighted by Gasteiger charge is 2.12. The number of halogens is 3. The van der Waals surface area contributed by atoms with Crippen LogP contribution in [-0.2, 0) is 6.54 Å². The van der Waals surface area contributed by atoms with E-state index in [0.717, 1.165) is 27.5 Å². The van der Waals surface area contributed by atoms with Gasteiger partial charge in [0.05, 0.1) is 15.8 Å². The summed E-state index contributed by atoms with van der Waals surface area (Å²) in [5, 5.41) is 4.17. The zero-order valence-electron chi connectivity index (χ0n) is 9.04. The number of nitrogens with two attached hydrogens (primary N) is 1. The van der Waals surface area contributed by atoms with Gasteiger partial charge in [-0.3, -0.25) is 0 Å². The number of nitrogen functional groups attached to an aromatic ring is 1. The molecule has 2 N–H and O–H groups in total. The van der Waals surface area contributed by atoms with Crippen molar-refractivity contribution < 1.29 is 8.78 Å². The first-order chi connectivity index (χ1) is 7.99. The maximum Gasteiger partial charge on any atom is 0.135 e. The van der Waals surface area contributed by atoms with Crippen LogP contribution in [0.3, 0.4) is 0 Å². The molecule has 0 saturated heterocycles. The van der Waals surface area contributed by atoms with Crippen molar-refractivity contribution in [3.05, 3.63) is 44.7 Å². The van der Waals surface area contributed by atoms with Crippen molar-refractivity contribution in [2.24, 2.45) is 0 Å². The molecule has 6 heteroatoms. The molecule has 2 rings (SSSR count). The summed E-state index contributed by atoms with van der Waals surface area (Å²) in [6.07, 6.45) is 0. The Kier molecular flexibility index (Phi) is 3.32. The van der Waals surface area contributed by atoms with Crippen molar-refractivity contribution in [2.75, 3.05) is 5.73 Å². The highest BCUT2D eigenvalue weighted by Crippen LogP contribution is 2.20. The fourth-order valence-corrected chi connectivity index (χ4v) is 1.91. The first-order valence-corrected chi connectivity index (χ1v) is 5.99. The predicted molar refractivity (Wildman–Crippen MR) is 69.6 cm³/mol. The molecule has 0 spiro atoms. The zero-order valence-corrected chi connectivity index (χ0v) is 11.2. The van der Waals surface area contributed by atoms with E-state index in [1.807, 2.05) is 6.92 Å². The van der Waals surface area contributed by atoms with Gasteiger partial charge in [-0.05, 0) is 47.7 Å². The van der Waals surface area contributed by atoms with Gasteiger partial charge in [-0.15, -0.1) is 0 Å². The third-order valence-corrected chi connectivity index (χ3v) is 3.75. The smallest absolute Gasteiger partial charge is 0.135 e. The van der Waals surface area contributed by atoms with E-state index in [1.54, 1.807) is 0 Å². The molecule has 1 heterocycles. The Hall–Kier alpha value is -1.18. The van der Waals surface area contributed by atoms with Crippen molar-refractivity contribution in [3.63, 3.8) is 0 Å². The first-order valence-electron chi connectivity index (χ1n) is 4.91. The van der Waals surface area contributed by atoms with Gasteiger partial charge in [0.2, 0.25) is 0 Å². The Balaban J connectivity index is 2.37. The molecule has 3 nitrogen and oxygen atoms in total. The highest BCUT2D eigenvalue weighted by molar-refractivity contribution is 14.1. The Labute approximate surface area is 111 Å². The van der Waals surface area contributed by atoms with Gasteiger partial charge in [-0.1, -0.05) is 0 Å². The van der Waals surface area contributed by atoms with Crippen molar-refractivity contribution in [1.82, 2.24) is 9.78 Å². The van der Waals surface area contributed by atoms with Crippen LogP contribution in [0.2, 0.25) is 0 Å². The van der Waals surface area contributed by atoms with E-state index in [2.05, 4.69) is 27.7 Å². The van der Waals surface area contributed by atoms with E-state index >= 15 is 0 Å². The lowest BCUT2D eigenvalue weighted by Gasteiger charge is -2.05. The summed E-state index contributed by atoms with van der Waals surface area (Å²) in [6.45, 7) is 1.94. The van der Waals surface area contributed by atoms with Crippen molar-refractivity contribution in [1.29, 1.82) is 0 Å². The monoisotopic (exact) mass is 349 g/mol. The summed E-state index contributed by atoms with van der Waals surface area (Å²) in [6, 6.07) is 3.33. The van der Waals surface area contributed by atoms with Gasteiger partial charge in [-0.2, -0.15) is 5.10 Å². The summed E-state index contributed by atoms with van der Waals surface area (Å²) >= 11 is 2.07. The molecule has 1 aromatic carbocycles. The Morgan fingerprint density at radius 3 is 2.71 bits per heavy atom. The predicted octanol–water partition coefficient (Wildman–Crippen LogP) is 2.70. The van der Waals surface area contributed by atoms with Gasteiger partial charge < -0.3 is 5.73 Å². The van der Waals surface area contributed by atoms with Crippen LogP contribution in [0.25, 0.3) is 0 Å². The molecule has 0 unspecified atom stereocenters. The fraction of sp³-hybridized carbons (Fsp3) is 0.182. The standard InChI is InChI=1S/C11H10F2IN3/c1-6-10(14)11(15)17(16-6)5-7-4-8(12)2-3-9(7)13/h2-4H,5,15H2,1H3. The maximum atomic E-state index is 13.4. The number of hydrogen-bond donors (Lipinski definition) is 1. The molecule has 0 aliphatic carbocycles. The van der Waals surface area contributed by atoms with E-state index in [-0.39, 0.29) is 12.1 Å². The minimum Gasteiger partial charge on any atom is -0.383 e. The Morgan fingerprint density at radius 1 is 1.41 bits per heavy atom. The molecule has 0 saturated carbocycles. The van der Waals surface area contributed by atoms with Crippen molar-refractivity contribution >= 4 is 28.4 Å². The largest absolute Gasteiger partial charge is 0.383 e. The Bertz CT molecular complexity index is 566. The van der Waals surface area contributed by atoms with E-state index in [0.29, 0.717) is 5.82 Å². The average molecular weight is 349 g/mol. The van der Waals surface area contributed by atoms with Crippen LogP contribution in [0.15, 0.2) is 18.2 Å². The van der Waals surface area contributed by atoms with Crippen LogP contribution < -0.4 is 5.73 Å². The van der Waals surface area contributed by atoms with E-state index in [9.17, 15) is 8.78 Å². The second-order valence-electron chi connectivity index (χ2n) is 3.68. The molecule has 0 amide bonds. The SMILES string of the molecule is Cc1nn(Cc2cc(F)ccc2F)c(N)c1I. The fourth-order valence-electron chi connectivity index (χ4n) is 1.52. The first kappa shape index (κ1) is 12.3. The molecule has 0 fully saturated rings. The summed E-state index contributed by atoms with van der Waals surface area (Å²) in [4.78, 5) is 0. The second kappa shape index (κ2) is 4.59. The third-order valence-electron chi connectivity index (χ3n) is 2.42. The van der Waals surface area contributed by atoms with Gasteiger partial charge in [0.15, 0.2) is 0 Å². The number of rotatable bonds is 2. The molecular formula is C11H10F2IN3. The van der Waals surface area contributed by atoms with Crippen LogP contribution >= 0.6 is 22.6 Å². The van der Waals surface area contributed by atoms with Crippen LogP contribution in [0.4, 0.5) is 14.6 Å². The lowest BCUT2D eigenvalue weighted by Crippen LogP contribution is -2.08. The summed E-state index contributed by atoms with van der Waals surface area (Å²) in [7, 11) is 0. The number of anilines is 1. The molecular weight excluding hydrogens is 339 g/mol. The van der Waals surface area contributed by atoms with Crippen molar-refractivity contribution in [3.8, 4) is 0 Å². The van der Waals surface area contributed by atoms with E-state index in [4.69, 9.17) is 5.73 Å². The summed E-state index contributed by atoms with van der Waals surface area (Å²) < 4.78 is 28.7. The average Bonchev–Trinajstić information content (AvgIpc) is 2.52. The number of benzene rings is 1. The third kappa shape index (κ3) is 2.41. The minimum atomic E-state index is -0.474. The van der Waals surface area contributed by atoms with E-state index < -0.39 is 11.6 Å². The van der Waals surface area contributed by atoms with Crippen LogP contribution in [-0.4, -0.2) is 9.78 Å². The van der Waals surface area contributed by atoms with Crippen LogP contribution in [0.1, 0.15) is 11.3 Å². The lowest BCUT2D eigenvalue weighted by molar-refractivity contribution is 0.567. The molecule has 0 radical (unpaired) electrons. The van der Waals surface area contributed by atoms with Gasteiger partial charge >= 0.3 is 0 Å². The molecule has 0 aliphatic rings. The van der Waals surface area contributed by atoms with Crippen LogP contribution in [0.5, 0.6) is 0 Å². The van der Waals surface area contributed by atoms with E-state index in [1.165, 1.54) is 4.68 Å².